The average Bonchev–Trinajstić information content (AvgIpc) is 2.25. The minimum atomic E-state index is -0.0335. The molecule has 6 nitrogen and oxygen atoms in total. The third-order valence-corrected chi connectivity index (χ3v) is 2.10. The summed E-state index contributed by atoms with van der Waals surface area (Å²) in [5, 5.41) is 11.7. The van der Waals surface area contributed by atoms with E-state index in [1.54, 1.807) is 6.20 Å². The lowest BCUT2D eigenvalue weighted by Gasteiger charge is -2.28. The van der Waals surface area contributed by atoms with Crippen molar-refractivity contribution in [3.63, 3.8) is 0 Å². The van der Waals surface area contributed by atoms with E-state index in [-0.39, 0.29) is 11.3 Å². The Hall–Kier alpha value is -1.85. The van der Waals surface area contributed by atoms with E-state index in [0.717, 1.165) is 6.54 Å². The van der Waals surface area contributed by atoms with Gasteiger partial charge in [-0.1, -0.05) is 25.9 Å². The van der Waals surface area contributed by atoms with Gasteiger partial charge in [-0.2, -0.15) is 0 Å². The third kappa shape index (κ3) is 3.58. The summed E-state index contributed by atoms with van der Waals surface area (Å²) in [5.41, 5.74) is 6.08. The Balaban J connectivity index is 3.05. The van der Waals surface area contributed by atoms with Crippen LogP contribution in [-0.2, 0) is 0 Å². The van der Waals surface area contributed by atoms with Crippen molar-refractivity contribution < 1.29 is 5.21 Å². The van der Waals surface area contributed by atoms with Crippen molar-refractivity contribution in [3.8, 4) is 0 Å². The van der Waals surface area contributed by atoms with Crippen LogP contribution in [0.15, 0.2) is 17.5 Å². The first-order valence-electron chi connectivity index (χ1n) is 5.35. The van der Waals surface area contributed by atoms with Crippen molar-refractivity contribution in [2.24, 2.45) is 16.3 Å². The molecule has 0 aliphatic rings. The van der Waals surface area contributed by atoms with Crippen molar-refractivity contribution >= 4 is 11.7 Å². The molecular weight excluding hydrogens is 218 g/mol. The van der Waals surface area contributed by atoms with E-state index in [0.29, 0.717) is 11.5 Å². The van der Waals surface area contributed by atoms with Crippen molar-refractivity contribution in [1.29, 1.82) is 0 Å². The molecule has 0 saturated carbocycles. The van der Waals surface area contributed by atoms with Crippen LogP contribution in [0.3, 0.4) is 0 Å². The normalized spacial score (nSPS) is 12.6. The fourth-order valence-corrected chi connectivity index (χ4v) is 1.62. The molecule has 17 heavy (non-hydrogen) atoms. The Morgan fingerprint density at radius 3 is 2.53 bits per heavy atom. The highest BCUT2D eigenvalue weighted by Crippen LogP contribution is 2.20. The summed E-state index contributed by atoms with van der Waals surface area (Å²) < 4.78 is 0. The lowest BCUT2D eigenvalue weighted by molar-refractivity contribution is 0.318. The molecule has 0 radical (unpaired) electrons. The van der Waals surface area contributed by atoms with Crippen LogP contribution < -0.4 is 10.6 Å². The van der Waals surface area contributed by atoms with E-state index in [2.05, 4.69) is 35.9 Å². The van der Waals surface area contributed by atoms with E-state index in [1.165, 1.54) is 6.20 Å². The number of anilines is 1. The molecule has 94 valence electrons. The van der Waals surface area contributed by atoms with E-state index in [9.17, 15) is 0 Å². The first kappa shape index (κ1) is 13.2. The molecule has 0 aliphatic heterocycles. The van der Waals surface area contributed by atoms with Crippen LogP contribution in [0.25, 0.3) is 0 Å². The zero-order valence-electron chi connectivity index (χ0n) is 10.7. The second-order valence-corrected chi connectivity index (χ2v) is 5.13. The van der Waals surface area contributed by atoms with E-state index in [4.69, 9.17) is 10.9 Å². The monoisotopic (exact) mass is 237 g/mol. The van der Waals surface area contributed by atoms with Gasteiger partial charge in [-0.05, 0) is 5.41 Å². The molecule has 1 aromatic heterocycles. The maximum absolute atomic E-state index is 8.70. The van der Waals surface area contributed by atoms with Crippen molar-refractivity contribution in [1.82, 2.24) is 9.97 Å². The van der Waals surface area contributed by atoms with Crippen molar-refractivity contribution in [2.75, 3.05) is 18.5 Å². The molecule has 0 amide bonds. The maximum Gasteiger partial charge on any atom is 0.192 e. The molecule has 0 spiro atoms. The predicted octanol–water partition coefficient (Wildman–Crippen LogP) is 1.05. The fourth-order valence-electron chi connectivity index (χ4n) is 1.62. The Bertz CT molecular complexity index is 411. The van der Waals surface area contributed by atoms with Crippen LogP contribution in [0.2, 0.25) is 0 Å². The molecule has 0 saturated heterocycles. The molecule has 0 bridgehead atoms. The minimum absolute atomic E-state index is 0.0335. The zero-order chi connectivity index (χ0) is 13.1. The summed E-state index contributed by atoms with van der Waals surface area (Å²) in [5.74, 6) is 0.576. The van der Waals surface area contributed by atoms with Crippen LogP contribution in [0, 0.1) is 5.41 Å². The van der Waals surface area contributed by atoms with Gasteiger partial charge in [0.25, 0.3) is 0 Å². The Labute approximate surface area is 101 Å². The molecule has 6 heteroatoms. The average molecular weight is 237 g/mol. The van der Waals surface area contributed by atoms with Gasteiger partial charge in [0.1, 0.15) is 0 Å². The second-order valence-electron chi connectivity index (χ2n) is 5.13. The molecule has 0 unspecified atom stereocenters. The lowest BCUT2D eigenvalue weighted by atomic mass is 9.96. The Kier molecular flexibility index (Phi) is 3.88. The van der Waals surface area contributed by atoms with Gasteiger partial charge in [0.2, 0.25) is 0 Å². The largest absolute Gasteiger partial charge is 0.409 e. The van der Waals surface area contributed by atoms with Gasteiger partial charge >= 0.3 is 0 Å². The number of nitrogens with two attached hydrogens (primary N) is 1. The van der Waals surface area contributed by atoms with E-state index in [1.807, 2.05) is 11.9 Å². The van der Waals surface area contributed by atoms with Crippen LogP contribution in [0.4, 0.5) is 5.82 Å². The molecule has 1 aromatic rings. The highest BCUT2D eigenvalue weighted by molar-refractivity contribution is 5.99. The quantitative estimate of drug-likeness (QED) is 0.355. The summed E-state index contributed by atoms with van der Waals surface area (Å²) in [6, 6.07) is 0. The summed E-state index contributed by atoms with van der Waals surface area (Å²) in [6.45, 7) is 7.17. The summed E-state index contributed by atoms with van der Waals surface area (Å²) in [4.78, 5) is 10.2. The van der Waals surface area contributed by atoms with Gasteiger partial charge in [-0.3, -0.25) is 0 Å². The fraction of sp³-hybridized carbons (Fsp3) is 0.545. The van der Waals surface area contributed by atoms with E-state index < -0.39 is 0 Å². The predicted molar refractivity (Wildman–Crippen MR) is 67.3 cm³/mol. The summed E-state index contributed by atoms with van der Waals surface area (Å²) >= 11 is 0. The van der Waals surface area contributed by atoms with Crippen LogP contribution in [0.5, 0.6) is 0 Å². The number of aromatic nitrogens is 2. The number of rotatable bonds is 3. The molecule has 3 N–H and O–H groups in total. The molecule has 1 rings (SSSR count). The third-order valence-electron chi connectivity index (χ3n) is 2.10. The van der Waals surface area contributed by atoms with Gasteiger partial charge < -0.3 is 15.8 Å². The molecular formula is C11H19N5O. The Morgan fingerprint density at radius 2 is 2.00 bits per heavy atom. The first-order valence-corrected chi connectivity index (χ1v) is 5.35. The lowest BCUT2D eigenvalue weighted by Crippen LogP contribution is -2.32. The van der Waals surface area contributed by atoms with Crippen LogP contribution in [-0.4, -0.2) is 34.6 Å². The first-order chi connectivity index (χ1) is 7.85. The Morgan fingerprint density at radius 1 is 1.41 bits per heavy atom. The second kappa shape index (κ2) is 4.99. The number of hydrogen-bond donors (Lipinski definition) is 2. The zero-order valence-corrected chi connectivity index (χ0v) is 10.7. The van der Waals surface area contributed by atoms with Gasteiger partial charge in [0.05, 0.1) is 0 Å². The standard InChI is InChI=1S/C11H19N5O/c1-11(2,3)7-16(4)10-8(9(12)15-17)13-5-6-14-10/h5-6,17H,7H2,1-4H3,(H2,12,15). The topological polar surface area (TPSA) is 87.6 Å². The minimum Gasteiger partial charge on any atom is -0.409 e. The molecule has 1 heterocycles. The number of nitrogens with zero attached hydrogens (tertiary/aromatic N) is 4. The van der Waals surface area contributed by atoms with Crippen LogP contribution >= 0.6 is 0 Å². The van der Waals surface area contributed by atoms with Gasteiger partial charge in [0.15, 0.2) is 17.3 Å². The van der Waals surface area contributed by atoms with Crippen molar-refractivity contribution in [2.45, 2.75) is 20.8 Å². The summed E-state index contributed by atoms with van der Waals surface area (Å²) in [6.07, 6.45) is 3.10. The number of amidine groups is 1. The smallest absolute Gasteiger partial charge is 0.192 e. The van der Waals surface area contributed by atoms with Gasteiger partial charge in [0, 0.05) is 26.0 Å². The highest BCUT2D eigenvalue weighted by atomic mass is 16.4. The number of oxime groups is 1. The molecule has 0 aromatic carbocycles. The number of hydrogen-bond acceptors (Lipinski definition) is 5. The summed E-state index contributed by atoms with van der Waals surface area (Å²) in [7, 11) is 1.91. The maximum atomic E-state index is 8.70. The van der Waals surface area contributed by atoms with Gasteiger partial charge in [-0.15, -0.1) is 0 Å². The highest BCUT2D eigenvalue weighted by Gasteiger charge is 2.19. The molecule has 0 atom stereocenters. The molecule has 0 aliphatic carbocycles. The van der Waals surface area contributed by atoms with Crippen LogP contribution in [0.1, 0.15) is 26.5 Å². The van der Waals surface area contributed by atoms with Crippen molar-refractivity contribution in [3.05, 3.63) is 18.1 Å². The SMILES string of the molecule is CN(CC(C)(C)C)c1nccnc1/C(N)=N/O. The molecule has 0 fully saturated rings. The van der Waals surface area contributed by atoms with Gasteiger partial charge in [-0.25, -0.2) is 9.97 Å². The van der Waals surface area contributed by atoms with E-state index >= 15 is 0 Å².